The molecule has 0 aliphatic carbocycles. The summed E-state index contributed by atoms with van der Waals surface area (Å²) in [7, 11) is 0. The largest absolute Gasteiger partial charge is 0.444 e. The normalized spacial score (nSPS) is 35.1. The van der Waals surface area contributed by atoms with Gasteiger partial charge >= 0.3 is 6.09 Å². The third-order valence-electron chi connectivity index (χ3n) is 4.59. The number of fused-ring (bicyclic) bond motifs is 2. The lowest BCUT2D eigenvalue weighted by molar-refractivity contribution is -0.0146. The Balaban J connectivity index is 2.26. The van der Waals surface area contributed by atoms with E-state index >= 15 is 0 Å². The summed E-state index contributed by atoms with van der Waals surface area (Å²) in [6.07, 6.45) is 4.46. The first-order valence-electron chi connectivity index (χ1n) is 6.93. The molecule has 2 aliphatic heterocycles. The number of carbonyl (C=O) groups excluding carboxylic acids is 1. The van der Waals surface area contributed by atoms with Crippen molar-refractivity contribution < 1.29 is 14.6 Å². The zero-order chi connectivity index (χ0) is 13.6. The molecule has 2 aliphatic rings. The van der Waals surface area contributed by atoms with Gasteiger partial charge in [-0.05, 0) is 52.9 Å². The molecule has 2 saturated heterocycles. The molecule has 1 amide bonds. The number of hydrogen-bond donors (Lipinski definition) is 1. The van der Waals surface area contributed by atoms with E-state index in [1.807, 2.05) is 25.7 Å². The molecular weight excluding hydrogens is 230 g/mol. The van der Waals surface area contributed by atoms with Crippen LogP contribution in [0, 0.1) is 0 Å². The van der Waals surface area contributed by atoms with Crippen LogP contribution in [0.3, 0.4) is 0 Å². The van der Waals surface area contributed by atoms with Crippen LogP contribution in [0.4, 0.5) is 4.79 Å². The molecule has 0 spiro atoms. The van der Waals surface area contributed by atoms with E-state index in [4.69, 9.17) is 4.74 Å². The van der Waals surface area contributed by atoms with E-state index in [-0.39, 0.29) is 23.8 Å². The lowest BCUT2D eigenvalue weighted by Gasteiger charge is -2.39. The van der Waals surface area contributed by atoms with Gasteiger partial charge in [0.15, 0.2) is 0 Å². The third-order valence-corrected chi connectivity index (χ3v) is 4.59. The summed E-state index contributed by atoms with van der Waals surface area (Å²) < 4.78 is 5.53. The molecule has 2 rings (SSSR count). The highest BCUT2D eigenvalue weighted by Gasteiger charge is 2.62. The lowest BCUT2D eigenvalue weighted by Crippen LogP contribution is -2.53. The van der Waals surface area contributed by atoms with Gasteiger partial charge in [0, 0.05) is 5.54 Å². The van der Waals surface area contributed by atoms with Gasteiger partial charge in [-0.2, -0.15) is 0 Å². The van der Waals surface area contributed by atoms with Crippen molar-refractivity contribution in [2.45, 2.75) is 76.5 Å². The fraction of sp³-hybridized carbons (Fsp3) is 0.929. The van der Waals surface area contributed by atoms with Crippen molar-refractivity contribution in [1.82, 2.24) is 4.90 Å². The Bertz CT molecular complexity index is 317. The number of carbonyl (C=O) groups is 1. The molecule has 0 atom stereocenters. The molecule has 104 valence electrons. The van der Waals surface area contributed by atoms with E-state index < -0.39 is 5.60 Å². The Labute approximate surface area is 109 Å². The SMILES string of the molecule is CCC12CCC(CO)(CC1)N2C(=O)OC(C)(C)C. The molecule has 0 saturated carbocycles. The molecule has 18 heavy (non-hydrogen) atoms. The summed E-state index contributed by atoms with van der Waals surface area (Å²) in [6, 6.07) is 0. The minimum absolute atomic E-state index is 0.0496. The van der Waals surface area contributed by atoms with E-state index in [1.54, 1.807) is 0 Å². The third kappa shape index (κ3) is 1.91. The first kappa shape index (κ1) is 13.7. The summed E-state index contributed by atoms with van der Waals surface area (Å²) in [4.78, 5) is 14.3. The van der Waals surface area contributed by atoms with E-state index in [0.717, 1.165) is 32.1 Å². The van der Waals surface area contributed by atoms with Crippen LogP contribution in [0.2, 0.25) is 0 Å². The summed E-state index contributed by atoms with van der Waals surface area (Å²) in [5, 5.41) is 9.72. The molecule has 2 heterocycles. The topological polar surface area (TPSA) is 49.8 Å². The predicted octanol–water partition coefficient (Wildman–Crippen LogP) is 2.69. The van der Waals surface area contributed by atoms with E-state index in [2.05, 4.69) is 6.92 Å². The molecule has 0 radical (unpaired) electrons. The number of hydrogen-bond acceptors (Lipinski definition) is 3. The second kappa shape index (κ2) is 4.12. The second-order valence-electron chi connectivity index (χ2n) is 6.78. The second-order valence-corrected chi connectivity index (χ2v) is 6.78. The molecule has 2 bridgehead atoms. The zero-order valence-corrected chi connectivity index (χ0v) is 12.0. The maximum absolute atomic E-state index is 12.4. The van der Waals surface area contributed by atoms with Gasteiger partial charge < -0.3 is 9.84 Å². The maximum atomic E-state index is 12.4. The highest BCUT2D eigenvalue weighted by atomic mass is 16.6. The van der Waals surface area contributed by atoms with Crippen molar-refractivity contribution in [2.75, 3.05) is 6.61 Å². The van der Waals surface area contributed by atoms with Crippen molar-refractivity contribution in [3.8, 4) is 0 Å². The number of ether oxygens (including phenoxy) is 1. The van der Waals surface area contributed by atoms with Crippen molar-refractivity contribution in [2.24, 2.45) is 0 Å². The van der Waals surface area contributed by atoms with E-state index in [9.17, 15) is 9.90 Å². The minimum atomic E-state index is -0.481. The smallest absolute Gasteiger partial charge is 0.411 e. The maximum Gasteiger partial charge on any atom is 0.411 e. The molecule has 4 heteroatoms. The summed E-state index contributed by atoms with van der Waals surface area (Å²) >= 11 is 0. The Morgan fingerprint density at radius 3 is 2.11 bits per heavy atom. The van der Waals surface area contributed by atoms with Crippen LogP contribution < -0.4 is 0 Å². The van der Waals surface area contributed by atoms with Crippen LogP contribution >= 0.6 is 0 Å². The standard InChI is InChI=1S/C14H25NO3/c1-5-13-6-8-14(10-16,9-7-13)15(13)11(17)18-12(2,3)4/h16H,5-10H2,1-4H3. The fourth-order valence-corrected chi connectivity index (χ4v) is 3.57. The highest BCUT2D eigenvalue weighted by Crippen LogP contribution is 2.55. The highest BCUT2D eigenvalue weighted by molar-refractivity contribution is 5.72. The van der Waals surface area contributed by atoms with Crippen LogP contribution in [0.5, 0.6) is 0 Å². The van der Waals surface area contributed by atoms with E-state index in [0.29, 0.717) is 0 Å². The average Bonchev–Trinajstić information content (AvgIpc) is 2.78. The summed E-state index contributed by atoms with van der Waals surface area (Å²) in [5.74, 6) is 0. The quantitative estimate of drug-likeness (QED) is 0.825. The summed E-state index contributed by atoms with van der Waals surface area (Å²) in [5.41, 5.74) is -0.923. The molecule has 0 aromatic carbocycles. The fourth-order valence-electron chi connectivity index (χ4n) is 3.57. The van der Waals surface area contributed by atoms with Crippen molar-refractivity contribution in [3.05, 3.63) is 0 Å². The van der Waals surface area contributed by atoms with Crippen molar-refractivity contribution in [1.29, 1.82) is 0 Å². The molecule has 4 nitrogen and oxygen atoms in total. The monoisotopic (exact) mass is 255 g/mol. The van der Waals surface area contributed by atoms with Crippen LogP contribution in [0.1, 0.15) is 59.8 Å². The average molecular weight is 255 g/mol. The van der Waals surface area contributed by atoms with Gasteiger partial charge in [0.25, 0.3) is 0 Å². The Kier molecular flexibility index (Phi) is 3.13. The van der Waals surface area contributed by atoms with Gasteiger partial charge in [0.05, 0.1) is 12.1 Å². The Hall–Kier alpha value is -0.770. The van der Waals surface area contributed by atoms with Crippen LogP contribution in [-0.2, 0) is 4.74 Å². The number of aliphatic hydroxyl groups excluding tert-OH is 1. The first-order chi connectivity index (χ1) is 8.29. The lowest BCUT2D eigenvalue weighted by atomic mass is 9.81. The van der Waals surface area contributed by atoms with Crippen LogP contribution in [0.15, 0.2) is 0 Å². The van der Waals surface area contributed by atoms with Gasteiger partial charge in [-0.15, -0.1) is 0 Å². The Morgan fingerprint density at radius 1 is 1.22 bits per heavy atom. The van der Waals surface area contributed by atoms with Crippen molar-refractivity contribution >= 4 is 6.09 Å². The minimum Gasteiger partial charge on any atom is -0.444 e. The molecule has 0 aromatic heterocycles. The summed E-state index contributed by atoms with van der Waals surface area (Å²) in [6.45, 7) is 7.82. The van der Waals surface area contributed by atoms with Gasteiger partial charge in [-0.1, -0.05) is 6.92 Å². The molecular formula is C14H25NO3. The number of rotatable bonds is 2. The van der Waals surface area contributed by atoms with Gasteiger partial charge in [-0.3, -0.25) is 4.90 Å². The van der Waals surface area contributed by atoms with Gasteiger partial charge in [-0.25, -0.2) is 4.79 Å². The number of amides is 1. The van der Waals surface area contributed by atoms with E-state index in [1.165, 1.54) is 0 Å². The van der Waals surface area contributed by atoms with Crippen LogP contribution in [-0.4, -0.2) is 39.4 Å². The van der Waals surface area contributed by atoms with Gasteiger partial charge in [0.2, 0.25) is 0 Å². The van der Waals surface area contributed by atoms with Crippen LogP contribution in [0.25, 0.3) is 0 Å². The predicted molar refractivity (Wildman–Crippen MR) is 69.4 cm³/mol. The molecule has 0 unspecified atom stereocenters. The molecule has 2 fully saturated rings. The van der Waals surface area contributed by atoms with Crippen molar-refractivity contribution in [3.63, 3.8) is 0 Å². The Morgan fingerprint density at radius 2 is 1.72 bits per heavy atom. The molecule has 1 N–H and O–H groups in total. The number of nitrogens with zero attached hydrogens (tertiary/aromatic N) is 1. The van der Waals surface area contributed by atoms with Gasteiger partial charge in [0.1, 0.15) is 5.60 Å². The number of aliphatic hydroxyl groups is 1. The zero-order valence-electron chi connectivity index (χ0n) is 12.0. The molecule has 0 aromatic rings. The first-order valence-corrected chi connectivity index (χ1v) is 6.93.